The van der Waals surface area contributed by atoms with Crippen LogP contribution in [-0.2, 0) is 6.42 Å². The average molecular weight is 531 g/mol. The molecule has 0 heterocycles. The van der Waals surface area contributed by atoms with Crippen molar-refractivity contribution in [2.75, 3.05) is 0 Å². The Morgan fingerprint density at radius 2 is 0.838 bits per heavy atom. The van der Waals surface area contributed by atoms with Crippen LogP contribution in [0.2, 0.25) is 0 Å². The van der Waals surface area contributed by atoms with Crippen LogP contribution in [-0.4, -0.2) is 42.8 Å². The molecule has 0 atom stereocenters. The molecule has 0 spiro atoms. The van der Waals surface area contributed by atoms with Gasteiger partial charge in [-0.25, -0.2) is 0 Å². The van der Waals surface area contributed by atoms with Gasteiger partial charge in [0.1, 0.15) is 5.75 Å². The molecule has 0 aliphatic rings. The van der Waals surface area contributed by atoms with Gasteiger partial charge < -0.3 is 15.3 Å². The van der Waals surface area contributed by atoms with E-state index < -0.39 is 0 Å². The smallest absolute Gasteiger partial charge is 0.872 e. The van der Waals surface area contributed by atoms with Crippen molar-refractivity contribution in [3.8, 4) is 17.2 Å². The van der Waals surface area contributed by atoms with Crippen LogP contribution in [0.4, 0.5) is 0 Å². The molecule has 3 rings (SSSR count). The maximum Gasteiger partial charge on any atom is 2.00 e. The molecule has 0 saturated heterocycles. The summed E-state index contributed by atoms with van der Waals surface area (Å²) in [6, 6.07) is 24.4. The van der Waals surface area contributed by atoms with E-state index in [-0.39, 0.29) is 49.2 Å². The number of rotatable bonds is 14. The Hall–Kier alpha value is -1.68. The maximum atomic E-state index is 10.3. The first-order chi connectivity index (χ1) is 17.6. The van der Waals surface area contributed by atoms with Gasteiger partial charge in [-0.3, -0.25) is 0 Å². The van der Waals surface area contributed by atoms with E-state index in [1.54, 1.807) is 30.3 Å². The van der Waals surface area contributed by atoms with E-state index in [9.17, 15) is 15.3 Å². The number of phenols is 1. The van der Waals surface area contributed by atoms with Crippen molar-refractivity contribution in [1.29, 1.82) is 0 Å². The number of phenolic OH excluding ortho intramolecular Hbond substituents is 1. The molecule has 0 aliphatic carbocycles. The number of hydrogen-bond acceptors (Lipinski definition) is 3. The molecule has 0 amide bonds. The summed E-state index contributed by atoms with van der Waals surface area (Å²) in [4.78, 5) is 0. The molecule has 3 aromatic carbocycles. The van der Waals surface area contributed by atoms with Crippen molar-refractivity contribution in [3.63, 3.8) is 0 Å². The van der Waals surface area contributed by atoms with Crippen molar-refractivity contribution in [1.82, 2.24) is 0 Å². The van der Waals surface area contributed by atoms with E-state index in [0.717, 1.165) is 12.0 Å². The first-order valence-corrected chi connectivity index (χ1v) is 13.8. The molecule has 1 N–H and O–H groups in total. The van der Waals surface area contributed by atoms with Gasteiger partial charge in [0.15, 0.2) is 0 Å². The van der Waals surface area contributed by atoms with E-state index in [1.165, 1.54) is 108 Å². The summed E-state index contributed by atoms with van der Waals surface area (Å²) in [7, 11) is 0. The van der Waals surface area contributed by atoms with Crippen LogP contribution < -0.4 is 10.2 Å². The molecule has 0 radical (unpaired) electrons. The number of benzene rings is 3. The second kappa shape index (κ2) is 25.9. The Labute approximate surface area is 256 Å². The third-order valence-electron chi connectivity index (χ3n) is 6.03. The summed E-state index contributed by atoms with van der Waals surface area (Å²) in [6.07, 6.45) is 19.1. The van der Waals surface area contributed by atoms with Crippen molar-refractivity contribution in [3.05, 3.63) is 90.5 Å². The fourth-order valence-corrected chi connectivity index (χ4v) is 3.90. The van der Waals surface area contributed by atoms with Crippen molar-refractivity contribution in [2.24, 2.45) is 0 Å². The Balaban J connectivity index is 0.000000696. The molecule has 3 nitrogen and oxygen atoms in total. The van der Waals surface area contributed by atoms with Gasteiger partial charge in [0.25, 0.3) is 0 Å². The zero-order chi connectivity index (χ0) is 26.1. The van der Waals surface area contributed by atoms with Crippen LogP contribution in [0.3, 0.4) is 0 Å². The number of aryl methyl sites for hydroxylation is 1. The molecule has 0 aromatic heterocycles. The largest absolute Gasteiger partial charge is 2.00 e. The SMILES string of the molecule is CCCCCCCCCCCCCCCc1ccccc1O.[Ca+2].[O-]c1ccccc1.[O-]c1ccccc1. The fraction of sp³-hybridized carbons (Fsp3) is 0.455. The summed E-state index contributed by atoms with van der Waals surface area (Å²) < 4.78 is 0. The van der Waals surface area contributed by atoms with Crippen LogP contribution in [0.15, 0.2) is 84.9 Å². The van der Waals surface area contributed by atoms with Crippen molar-refractivity contribution >= 4 is 37.7 Å². The molecule has 3 aromatic rings. The summed E-state index contributed by atoms with van der Waals surface area (Å²) >= 11 is 0. The minimum absolute atomic E-state index is 0. The standard InChI is InChI=1S/C21H36O.2C6H6O.Ca/c1-2-3-4-5-6-7-8-9-10-11-12-13-14-17-20-18-15-16-19-21(20)22;2*7-6-4-2-1-3-5-6;/h15-16,18-19,22H,2-14,17H2,1H3;2*1-5,7H;/q;;;+2/p-2. The molecular weight excluding hydrogens is 484 g/mol. The van der Waals surface area contributed by atoms with Gasteiger partial charge in [-0.15, -0.1) is 11.5 Å². The summed E-state index contributed by atoms with van der Waals surface area (Å²) in [5, 5.41) is 30.2. The number of hydrogen-bond donors (Lipinski definition) is 1. The van der Waals surface area contributed by atoms with Crippen molar-refractivity contribution in [2.45, 2.75) is 96.8 Å². The maximum absolute atomic E-state index is 10.3. The fourth-order valence-electron chi connectivity index (χ4n) is 3.90. The van der Waals surface area contributed by atoms with Crippen LogP contribution in [0.1, 0.15) is 96.0 Å². The first kappa shape index (κ1) is 35.3. The second-order valence-electron chi connectivity index (χ2n) is 9.25. The third kappa shape index (κ3) is 22.1. The number of aromatic hydroxyl groups is 1. The van der Waals surface area contributed by atoms with Gasteiger partial charge in [0.05, 0.1) is 0 Å². The Kier molecular flexibility index (Phi) is 24.8. The average Bonchev–Trinajstić information content (AvgIpc) is 2.89. The minimum Gasteiger partial charge on any atom is -0.872 e. The van der Waals surface area contributed by atoms with E-state index in [1.807, 2.05) is 30.3 Å². The van der Waals surface area contributed by atoms with Gasteiger partial charge in [-0.05, 0) is 24.5 Å². The second-order valence-corrected chi connectivity index (χ2v) is 9.25. The van der Waals surface area contributed by atoms with E-state index in [2.05, 4.69) is 6.92 Å². The molecule has 0 fully saturated rings. The van der Waals surface area contributed by atoms with E-state index in [4.69, 9.17) is 0 Å². The quantitative estimate of drug-likeness (QED) is 0.169. The number of unbranched alkanes of at least 4 members (excludes halogenated alkanes) is 12. The van der Waals surface area contributed by atoms with Crippen LogP contribution in [0, 0.1) is 0 Å². The van der Waals surface area contributed by atoms with Crippen LogP contribution >= 0.6 is 0 Å². The summed E-state index contributed by atoms with van der Waals surface area (Å²) in [6.45, 7) is 2.28. The monoisotopic (exact) mass is 530 g/mol. The molecule has 0 aliphatic heterocycles. The molecule has 4 heteroatoms. The first-order valence-electron chi connectivity index (χ1n) is 13.8. The topological polar surface area (TPSA) is 66.3 Å². The van der Waals surface area contributed by atoms with Gasteiger partial charge in [-0.1, -0.05) is 163 Å². The molecular formula is C33H46CaO3. The Bertz CT molecular complexity index is 818. The van der Waals surface area contributed by atoms with Crippen LogP contribution in [0.5, 0.6) is 17.2 Å². The summed E-state index contributed by atoms with van der Waals surface area (Å²) in [5.41, 5.74) is 1.10. The van der Waals surface area contributed by atoms with E-state index >= 15 is 0 Å². The van der Waals surface area contributed by atoms with Crippen molar-refractivity contribution < 1.29 is 15.3 Å². The van der Waals surface area contributed by atoms with Gasteiger partial charge in [-0.2, -0.15) is 0 Å². The minimum atomic E-state index is 0. The molecule has 0 bridgehead atoms. The van der Waals surface area contributed by atoms with Gasteiger partial charge >= 0.3 is 37.7 Å². The third-order valence-corrected chi connectivity index (χ3v) is 6.03. The van der Waals surface area contributed by atoms with Crippen LogP contribution in [0.25, 0.3) is 0 Å². The summed E-state index contributed by atoms with van der Waals surface area (Å²) in [5.74, 6) is 0.603. The zero-order valence-corrected chi connectivity index (χ0v) is 25.2. The number of para-hydroxylation sites is 3. The molecule has 37 heavy (non-hydrogen) atoms. The Morgan fingerprint density at radius 1 is 0.486 bits per heavy atom. The normalized spacial score (nSPS) is 9.76. The molecule has 0 saturated carbocycles. The van der Waals surface area contributed by atoms with Gasteiger partial charge in [0, 0.05) is 0 Å². The predicted molar refractivity (Wildman–Crippen MR) is 155 cm³/mol. The molecule has 198 valence electrons. The predicted octanol–water partition coefficient (Wildman–Crippen LogP) is 8.17. The molecule has 0 unspecified atom stereocenters. The van der Waals surface area contributed by atoms with E-state index in [0.29, 0.717) is 5.75 Å². The van der Waals surface area contributed by atoms with Gasteiger partial charge in [0.2, 0.25) is 0 Å². The zero-order valence-electron chi connectivity index (χ0n) is 23.0. The Morgan fingerprint density at radius 3 is 1.19 bits per heavy atom.